The van der Waals surface area contributed by atoms with Crippen molar-refractivity contribution in [3.05, 3.63) is 53.1 Å². The lowest BCUT2D eigenvalue weighted by Crippen LogP contribution is -2.53. The number of carbonyl (C=O) groups is 2. The van der Waals surface area contributed by atoms with Crippen LogP contribution in [-0.2, 0) is 4.79 Å². The molecule has 33 heavy (non-hydrogen) atoms. The first kappa shape index (κ1) is 24.4. The zero-order valence-electron chi connectivity index (χ0n) is 20.1. The van der Waals surface area contributed by atoms with E-state index < -0.39 is 0 Å². The zero-order valence-corrected chi connectivity index (χ0v) is 20.1. The van der Waals surface area contributed by atoms with E-state index in [-0.39, 0.29) is 18.0 Å². The molecular weight excluding hydrogens is 420 g/mol. The summed E-state index contributed by atoms with van der Waals surface area (Å²) in [4.78, 5) is 29.2. The van der Waals surface area contributed by atoms with Gasteiger partial charge in [-0.05, 0) is 56.2 Å². The lowest BCUT2D eigenvalue weighted by molar-refractivity contribution is -0.117. The van der Waals surface area contributed by atoms with E-state index in [0.29, 0.717) is 44.2 Å². The van der Waals surface area contributed by atoms with Crippen molar-refractivity contribution in [1.29, 1.82) is 0 Å². The summed E-state index contributed by atoms with van der Waals surface area (Å²) in [6.45, 7) is 8.67. The molecule has 1 fully saturated rings. The summed E-state index contributed by atoms with van der Waals surface area (Å²) in [5.41, 5.74) is 3.93. The number of carbonyl (C=O) groups excluding carboxylic acids is 2. The van der Waals surface area contributed by atoms with Crippen molar-refractivity contribution < 1.29 is 19.1 Å². The Kier molecular flexibility index (Phi) is 8.16. The van der Waals surface area contributed by atoms with Gasteiger partial charge in [0.25, 0.3) is 0 Å². The van der Waals surface area contributed by atoms with E-state index in [4.69, 9.17) is 9.47 Å². The monoisotopic (exact) mass is 454 g/mol. The fourth-order valence-corrected chi connectivity index (χ4v) is 3.92. The second-order valence-electron chi connectivity index (χ2n) is 8.34. The third-order valence-corrected chi connectivity index (χ3v) is 6.15. The minimum atomic E-state index is -0.246. The minimum absolute atomic E-state index is 0.0413. The van der Waals surface area contributed by atoms with E-state index in [0.717, 1.165) is 22.4 Å². The summed E-state index contributed by atoms with van der Waals surface area (Å²) in [5.74, 6) is 1.36. The number of hydrogen-bond acceptors (Lipinski definition) is 5. The van der Waals surface area contributed by atoms with E-state index in [2.05, 4.69) is 15.5 Å². The number of nitrogens with one attached hydrogen (secondary N) is 2. The highest BCUT2D eigenvalue weighted by molar-refractivity contribution is 5.93. The molecule has 3 rings (SSSR count). The van der Waals surface area contributed by atoms with Gasteiger partial charge in [0.1, 0.15) is 11.5 Å². The van der Waals surface area contributed by atoms with Crippen molar-refractivity contribution in [3.8, 4) is 11.5 Å². The van der Waals surface area contributed by atoms with Gasteiger partial charge in [-0.15, -0.1) is 0 Å². The number of aryl methyl sites for hydroxylation is 1. The van der Waals surface area contributed by atoms with Gasteiger partial charge in [-0.3, -0.25) is 9.69 Å². The van der Waals surface area contributed by atoms with Crippen molar-refractivity contribution in [3.63, 3.8) is 0 Å². The van der Waals surface area contributed by atoms with Crippen LogP contribution in [0.1, 0.15) is 29.7 Å². The predicted octanol–water partition coefficient (Wildman–Crippen LogP) is 3.35. The van der Waals surface area contributed by atoms with Crippen molar-refractivity contribution in [2.45, 2.75) is 26.8 Å². The topological polar surface area (TPSA) is 83.1 Å². The molecule has 1 atom stereocenters. The number of piperazine rings is 1. The molecule has 8 heteroatoms. The highest BCUT2D eigenvalue weighted by Crippen LogP contribution is 2.29. The number of anilines is 1. The fourth-order valence-electron chi connectivity index (χ4n) is 3.92. The number of benzene rings is 2. The fraction of sp³-hybridized carbons (Fsp3) is 0.440. The van der Waals surface area contributed by atoms with Gasteiger partial charge in [-0.2, -0.15) is 0 Å². The molecular formula is C25H34N4O4. The van der Waals surface area contributed by atoms with E-state index in [1.165, 1.54) is 0 Å². The molecule has 0 radical (unpaired) electrons. The Labute approximate surface area is 195 Å². The standard InChI is InChI=1S/C25H34N4O4/c1-17-7-6-8-22(18(17)2)27-24(30)16-28-11-13-29(14-12-28)25(31)26-19(3)21-15-20(32-4)9-10-23(21)33-5/h6-10,15,19H,11-14,16H2,1-5H3,(H,26,31)(H,27,30)/t19-/m1/s1. The smallest absolute Gasteiger partial charge is 0.317 e. The molecule has 2 N–H and O–H groups in total. The van der Waals surface area contributed by atoms with Gasteiger partial charge < -0.3 is 25.0 Å². The van der Waals surface area contributed by atoms with Crippen molar-refractivity contribution in [2.75, 3.05) is 52.3 Å². The Hall–Kier alpha value is -3.26. The van der Waals surface area contributed by atoms with Gasteiger partial charge in [-0.25, -0.2) is 4.79 Å². The third-order valence-electron chi connectivity index (χ3n) is 6.15. The first-order valence-corrected chi connectivity index (χ1v) is 11.2. The van der Waals surface area contributed by atoms with Crippen LogP contribution in [0, 0.1) is 13.8 Å². The highest BCUT2D eigenvalue weighted by Gasteiger charge is 2.24. The van der Waals surface area contributed by atoms with Gasteiger partial charge in [0, 0.05) is 37.4 Å². The quantitative estimate of drug-likeness (QED) is 0.671. The molecule has 0 spiro atoms. The van der Waals surface area contributed by atoms with Crippen LogP contribution in [0.5, 0.6) is 11.5 Å². The summed E-state index contributed by atoms with van der Waals surface area (Å²) in [6, 6.07) is 11.0. The van der Waals surface area contributed by atoms with Crippen LogP contribution >= 0.6 is 0 Å². The molecule has 1 aliphatic rings. The van der Waals surface area contributed by atoms with E-state index in [1.54, 1.807) is 19.1 Å². The van der Waals surface area contributed by atoms with Crippen LogP contribution in [0.2, 0.25) is 0 Å². The van der Waals surface area contributed by atoms with Gasteiger partial charge in [0.05, 0.1) is 26.8 Å². The average Bonchev–Trinajstić information content (AvgIpc) is 2.81. The first-order chi connectivity index (χ1) is 15.8. The first-order valence-electron chi connectivity index (χ1n) is 11.2. The lowest BCUT2D eigenvalue weighted by atomic mass is 10.1. The SMILES string of the molecule is COc1ccc(OC)c([C@@H](C)NC(=O)N2CCN(CC(=O)Nc3cccc(C)c3C)CC2)c1. The van der Waals surface area contributed by atoms with Crippen LogP contribution in [0.15, 0.2) is 36.4 Å². The second kappa shape index (κ2) is 11.0. The Morgan fingerprint density at radius 1 is 1.03 bits per heavy atom. The molecule has 178 valence electrons. The van der Waals surface area contributed by atoms with Crippen LogP contribution in [0.25, 0.3) is 0 Å². The molecule has 3 amide bonds. The maximum absolute atomic E-state index is 12.8. The Balaban J connectivity index is 1.50. The Morgan fingerprint density at radius 2 is 1.76 bits per heavy atom. The van der Waals surface area contributed by atoms with E-state index in [1.807, 2.05) is 57.2 Å². The van der Waals surface area contributed by atoms with Crippen LogP contribution in [0.3, 0.4) is 0 Å². The summed E-state index contributed by atoms with van der Waals surface area (Å²) in [6.07, 6.45) is 0. The maximum atomic E-state index is 12.8. The Morgan fingerprint density at radius 3 is 2.42 bits per heavy atom. The molecule has 1 aliphatic heterocycles. The lowest BCUT2D eigenvalue weighted by Gasteiger charge is -2.35. The number of rotatable bonds is 7. The molecule has 2 aromatic carbocycles. The number of hydrogen-bond donors (Lipinski definition) is 2. The average molecular weight is 455 g/mol. The number of ether oxygens (including phenoxy) is 2. The molecule has 0 saturated carbocycles. The van der Waals surface area contributed by atoms with Gasteiger partial charge in [0.15, 0.2) is 0 Å². The minimum Gasteiger partial charge on any atom is -0.497 e. The maximum Gasteiger partial charge on any atom is 0.317 e. The van der Waals surface area contributed by atoms with Crippen molar-refractivity contribution >= 4 is 17.6 Å². The summed E-state index contributed by atoms with van der Waals surface area (Å²) in [5, 5.41) is 6.05. The molecule has 0 unspecified atom stereocenters. The van der Waals surface area contributed by atoms with E-state index >= 15 is 0 Å². The molecule has 1 heterocycles. The van der Waals surface area contributed by atoms with Crippen LogP contribution in [-0.4, -0.2) is 68.7 Å². The molecule has 0 aliphatic carbocycles. The number of methoxy groups -OCH3 is 2. The summed E-state index contributed by atoms with van der Waals surface area (Å²) in [7, 11) is 3.21. The van der Waals surface area contributed by atoms with Crippen molar-refractivity contribution in [1.82, 2.24) is 15.1 Å². The summed E-state index contributed by atoms with van der Waals surface area (Å²) >= 11 is 0. The number of urea groups is 1. The normalized spacial score (nSPS) is 15.0. The predicted molar refractivity (Wildman–Crippen MR) is 129 cm³/mol. The highest BCUT2D eigenvalue weighted by atomic mass is 16.5. The van der Waals surface area contributed by atoms with Crippen molar-refractivity contribution in [2.24, 2.45) is 0 Å². The molecule has 1 saturated heterocycles. The van der Waals surface area contributed by atoms with Gasteiger partial charge in [0.2, 0.25) is 5.91 Å². The summed E-state index contributed by atoms with van der Waals surface area (Å²) < 4.78 is 10.7. The van der Waals surface area contributed by atoms with E-state index in [9.17, 15) is 9.59 Å². The molecule has 0 aromatic heterocycles. The van der Waals surface area contributed by atoms with Gasteiger partial charge in [-0.1, -0.05) is 12.1 Å². The third kappa shape index (κ3) is 6.16. The van der Waals surface area contributed by atoms with Crippen LogP contribution in [0.4, 0.5) is 10.5 Å². The largest absolute Gasteiger partial charge is 0.497 e. The molecule has 8 nitrogen and oxygen atoms in total. The number of amides is 3. The van der Waals surface area contributed by atoms with Crippen LogP contribution < -0.4 is 20.1 Å². The molecule has 2 aromatic rings. The zero-order chi connectivity index (χ0) is 24.0. The molecule has 0 bridgehead atoms. The second-order valence-corrected chi connectivity index (χ2v) is 8.34. The van der Waals surface area contributed by atoms with Gasteiger partial charge >= 0.3 is 6.03 Å². The number of nitrogens with zero attached hydrogens (tertiary/aromatic N) is 2. The Bertz CT molecular complexity index is 986.